The molecule has 8 heteroatoms. The molecule has 1 aromatic heterocycles. The van der Waals surface area contributed by atoms with Crippen LogP contribution in [0.3, 0.4) is 0 Å². The van der Waals surface area contributed by atoms with Crippen molar-refractivity contribution in [3.05, 3.63) is 59.7 Å². The van der Waals surface area contributed by atoms with E-state index in [0.717, 1.165) is 5.56 Å². The predicted octanol–water partition coefficient (Wildman–Crippen LogP) is 4.09. The number of nitrogens with zero attached hydrogens (tertiary/aromatic N) is 2. The molecule has 0 fully saturated rings. The molecule has 0 spiro atoms. The molecule has 30 heavy (non-hydrogen) atoms. The van der Waals surface area contributed by atoms with Gasteiger partial charge in [0, 0.05) is 24.0 Å². The summed E-state index contributed by atoms with van der Waals surface area (Å²) in [5.74, 6) is 1.79. The number of carbonyl (C=O) groups excluding carboxylic acids is 1. The minimum Gasteiger partial charge on any atom is -0.497 e. The Morgan fingerprint density at radius 3 is 2.63 bits per heavy atom. The molecule has 0 saturated carbocycles. The number of carbonyl (C=O) groups is 1. The molecule has 0 saturated heterocycles. The van der Waals surface area contributed by atoms with Crippen molar-refractivity contribution >= 4 is 5.91 Å². The van der Waals surface area contributed by atoms with Gasteiger partial charge in [-0.1, -0.05) is 5.16 Å². The number of hydrogen-bond acceptors (Lipinski definition) is 6. The van der Waals surface area contributed by atoms with Crippen molar-refractivity contribution < 1.29 is 23.2 Å². The number of halogens is 1. The molecule has 1 N–H and O–H groups in total. The minimum absolute atomic E-state index is 0.0920. The quantitative estimate of drug-likeness (QED) is 0.569. The Balaban J connectivity index is 1.51. The second kappa shape index (κ2) is 9.87. The molecule has 2 aromatic carbocycles. The van der Waals surface area contributed by atoms with Gasteiger partial charge in [-0.2, -0.15) is 4.98 Å². The highest BCUT2D eigenvalue weighted by atomic mass is 19.1. The van der Waals surface area contributed by atoms with E-state index in [0.29, 0.717) is 48.0 Å². The third-order valence-corrected chi connectivity index (χ3v) is 4.65. The predicted molar refractivity (Wildman–Crippen MR) is 109 cm³/mol. The third-order valence-electron chi connectivity index (χ3n) is 4.65. The van der Waals surface area contributed by atoms with Gasteiger partial charge >= 0.3 is 0 Å². The van der Waals surface area contributed by atoms with Gasteiger partial charge in [0.05, 0.1) is 20.3 Å². The van der Waals surface area contributed by atoms with Crippen molar-refractivity contribution in [1.29, 1.82) is 0 Å². The van der Waals surface area contributed by atoms with Crippen molar-refractivity contribution in [2.24, 2.45) is 0 Å². The molecule has 0 aliphatic rings. The van der Waals surface area contributed by atoms with Gasteiger partial charge in [0.1, 0.15) is 17.3 Å². The van der Waals surface area contributed by atoms with Crippen LogP contribution in [0.1, 0.15) is 37.3 Å². The second-order valence-electron chi connectivity index (χ2n) is 6.77. The minimum atomic E-state index is -0.325. The molecule has 158 valence electrons. The van der Waals surface area contributed by atoms with Crippen LogP contribution in [0.25, 0.3) is 11.4 Å². The number of nitrogens with one attached hydrogen (secondary N) is 1. The Morgan fingerprint density at radius 1 is 1.17 bits per heavy atom. The number of amides is 1. The van der Waals surface area contributed by atoms with Gasteiger partial charge < -0.3 is 19.3 Å². The Bertz CT molecular complexity index is 988. The Morgan fingerprint density at radius 2 is 1.93 bits per heavy atom. The number of benzene rings is 2. The maximum absolute atomic E-state index is 13.0. The molecule has 3 aromatic rings. The molecule has 1 atom stereocenters. The zero-order valence-corrected chi connectivity index (χ0v) is 17.1. The van der Waals surface area contributed by atoms with Crippen LogP contribution in [0, 0.1) is 5.82 Å². The average Bonchev–Trinajstić information content (AvgIpc) is 3.22. The van der Waals surface area contributed by atoms with Gasteiger partial charge in [0.15, 0.2) is 0 Å². The van der Waals surface area contributed by atoms with Crippen LogP contribution in [-0.2, 0) is 11.2 Å². The summed E-state index contributed by atoms with van der Waals surface area (Å²) < 4.78 is 28.9. The van der Waals surface area contributed by atoms with Crippen molar-refractivity contribution in [3.8, 4) is 22.9 Å². The highest BCUT2D eigenvalue weighted by molar-refractivity contribution is 5.76. The molecule has 0 radical (unpaired) electrons. The summed E-state index contributed by atoms with van der Waals surface area (Å²) in [6, 6.07) is 11.1. The first-order valence-corrected chi connectivity index (χ1v) is 9.60. The van der Waals surface area contributed by atoms with E-state index in [1.165, 1.54) is 12.1 Å². The lowest BCUT2D eigenvalue weighted by atomic mass is 10.1. The van der Waals surface area contributed by atoms with Crippen molar-refractivity contribution in [3.63, 3.8) is 0 Å². The summed E-state index contributed by atoms with van der Waals surface area (Å²) in [6.45, 7) is 1.89. The first kappa shape index (κ1) is 21.3. The van der Waals surface area contributed by atoms with Crippen molar-refractivity contribution in [2.75, 3.05) is 14.2 Å². The van der Waals surface area contributed by atoms with Crippen LogP contribution in [-0.4, -0.2) is 30.3 Å². The number of aromatic nitrogens is 2. The van der Waals surface area contributed by atoms with E-state index in [2.05, 4.69) is 15.5 Å². The molecule has 1 heterocycles. The van der Waals surface area contributed by atoms with Crippen LogP contribution in [0.5, 0.6) is 11.5 Å². The van der Waals surface area contributed by atoms with Gasteiger partial charge in [-0.15, -0.1) is 0 Å². The van der Waals surface area contributed by atoms with Gasteiger partial charge in [-0.3, -0.25) is 4.79 Å². The maximum atomic E-state index is 13.0. The van der Waals surface area contributed by atoms with Crippen LogP contribution in [0.15, 0.2) is 47.0 Å². The number of hydrogen-bond donors (Lipinski definition) is 1. The number of ether oxygens (including phenoxy) is 2. The molecule has 7 nitrogen and oxygen atoms in total. The molecular weight excluding hydrogens is 389 g/mol. The normalized spacial score (nSPS) is 11.7. The van der Waals surface area contributed by atoms with E-state index in [9.17, 15) is 9.18 Å². The largest absolute Gasteiger partial charge is 0.497 e. The van der Waals surface area contributed by atoms with Crippen LogP contribution in [0.4, 0.5) is 4.39 Å². The lowest BCUT2D eigenvalue weighted by Crippen LogP contribution is -2.26. The molecule has 1 amide bonds. The fourth-order valence-electron chi connectivity index (χ4n) is 3.04. The lowest BCUT2D eigenvalue weighted by Gasteiger charge is -2.18. The fraction of sp³-hybridized carbons (Fsp3) is 0.318. The third kappa shape index (κ3) is 5.34. The molecule has 1 unspecified atom stereocenters. The summed E-state index contributed by atoms with van der Waals surface area (Å²) in [5, 5.41) is 6.87. The van der Waals surface area contributed by atoms with Crippen molar-refractivity contribution in [1.82, 2.24) is 15.5 Å². The smallest absolute Gasteiger partial charge is 0.226 e. The summed E-state index contributed by atoms with van der Waals surface area (Å²) in [7, 11) is 3.18. The standard InChI is InChI=1S/C22H24FN3O4/c1-14(18-13-17(28-2)11-12-19(18)29-3)24-20(27)5-4-6-21-25-22(26-30-21)15-7-9-16(23)10-8-15/h7-14H,4-6H2,1-3H3,(H,24,27). The summed E-state index contributed by atoms with van der Waals surface area (Å²) in [5.41, 5.74) is 1.51. The van der Waals surface area contributed by atoms with E-state index in [-0.39, 0.29) is 17.8 Å². The fourth-order valence-corrected chi connectivity index (χ4v) is 3.04. The average molecular weight is 413 g/mol. The van der Waals surface area contributed by atoms with Crippen LogP contribution < -0.4 is 14.8 Å². The zero-order chi connectivity index (χ0) is 21.5. The summed E-state index contributed by atoms with van der Waals surface area (Å²) in [4.78, 5) is 16.6. The van der Waals surface area contributed by atoms with Gasteiger partial charge in [0.2, 0.25) is 17.6 Å². The van der Waals surface area contributed by atoms with E-state index < -0.39 is 0 Å². The van der Waals surface area contributed by atoms with Gasteiger partial charge in [0.25, 0.3) is 0 Å². The van der Waals surface area contributed by atoms with Crippen LogP contribution in [0.2, 0.25) is 0 Å². The zero-order valence-electron chi connectivity index (χ0n) is 17.1. The Hall–Kier alpha value is -3.42. The lowest BCUT2D eigenvalue weighted by molar-refractivity contribution is -0.121. The second-order valence-corrected chi connectivity index (χ2v) is 6.77. The number of methoxy groups -OCH3 is 2. The maximum Gasteiger partial charge on any atom is 0.226 e. The Labute approximate surface area is 174 Å². The van der Waals surface area contributed by atoms with E-state index >= 15 is 0 Å². The topological polar surface area (TPSA) is 86.5 Å². The molecule has 0 aliphatic carbocycles. The highest BCUT2D eigenvalue weighted by Crippen LogP contribution is 2.29. The SMILES string of the molecule is COc1ccc(OC)c(C(C)NC(=O)CCCc2nc(-c3ccc(F)cc3)no2)c1. The van der Waals surface area contributed by atoms with E-state index in [1.54, 1.807) is 26.4 Å². The highest BCUT2D eigenvalue weighted by Gasteiger charge is 2.16. The Kier molecular flexibility index (Phi) is 7.00. The van der Waals surface area contributed by atoms with E-state index in [1.807, 2.05) is 25.1 Å². The first-order valence-electron chi connectivity index (χ1n) is 9.60. The van der Waals surface area contributed by atoms with Crippen LogP contribution >= 0.6 is 0 Å². The molecule has 0 bridgehead atoms. The molecule has 0 aliphatic heterocycles. The van der Waals surface area contributed by atoms with E-state index in [4.69, 9.17) is 14.0 Å². The first-order chi connectivity index (χ1) is 14.5. The molecular formula is C22H24FN3O4. The summed E-state index contributed by atoms with van der Waals surface area (Å²) in [6.07, 6.45) is 1.34. The number of aryl methyl sites for hydroxylation is 1. The van der Waals surface area contributed by atoms with Crippen molar-refractivity contribution in [2.45, 2.75) is 32.2 Å². The molecule has 3 rings (SSSR count). The summed E-state index contributed by atoms with van der Waals surface area (Å²) >= 11 is 0. The number of rotatable bonds is 9. The van der Waals surface area contributed by atoms with Gasteiger partial charge in [-0.25, -0.2) is 4.39 Å². The monoisotopic (exact) mass is 413 g/mol. The van der Waals surface area contributed by atoms with Gasteiger partial charge in [-0.05, 0) is 55.8 Å².